The van der Waals surface area contributed by atoms with Crippen LogP contribution in [-0.2, 0) is 5.75 Å². The fourth-order valence-electron chi connectivity index (χ4n) is 2.25. The van der Waals surface area contributed by atoms with E-state index in [0.29, 0.717) is 0 Å². The van der Waals surface area contributed by atoms with Crippen LogP contribution in [0.1, 0.15) is 12.7 Å². The Labute approximate surface area is 132 Å². The van der Waals surface area contributed by atoms with Crippen LogP contribution in [0.3, 0.4) is 0 Å². The standard InChI is InChI=1S/C16H17N3S2/c1-3-20-10-13-18-15(17-2)14-12(9-21-16(14)19-13)11-7-5-4-6-8-11/h4-9H,3,10H2,1-2H3,(H,17,18,19). The number of hydrogen-bond acceptors (Lipinski definition) is 5. The van der Waals surface area contributed by atoms with Crippen LogP contribution in [-0.4, -0.2) is 22.8 Å². The lowest BCUT2D eigenvalue weighted by molar-refractivity contribution is 1.07. The van der Waals surface area contributed by atoms with Crippen molar-refractivity contribution in [1.82, 2.24) is 9.97 Å². The molecule has 2 aromatic heterocycles. The minimum Gasteiger partial charge on any atom is -0.372 e. The number of hydrogen-bond donors (Lipinski definition) is 1. The van der Waals surface area contributed by atoms with Gasteiger partial charge in [0.2, 0.25) is 0 Å². The molecule has 1 N–H and O–H groups in total. The van der Waals surface area contributed by atoms with E-state index >= 15 is 0 Å². The molecule has 5 heteroatoms. The summed E-state index contributed by atoms with van der Waals surface area (Å²) < 4.78 is 0. The summed E-state index contributed by atoms with van der Waals surface area (Å²) in [5.41, 5.74) is 2.41. The van der Waals surface area contributed by atoms with Crippen LogP contribution < -0.4 is 5.32 Å². The van der Waals surface area contributed by atoms with E-state index in [4.69, 9.17) is 4.98 Å². The lowest BCUT2D eigenvalue weighted by Crippen LogP contribution is -2.00. The fourth-order valence-corrected chi connectivity index (χ4v) is 3.74. The highest BCUT2D eigenvalue weighted by Crippen LogP contribution is 2.36. The SMILES string of the molecule is CCSCc1nc(NC)c2c(-c3ccccc3)csc2n1. The molecule has 2 heterocycles. The summed E-state index contributed by atoms with van der Waals surface area (Å²) in [6, 6.07) is 10.4. The molecule has 0 unspecified atom stereocenters. The molecule has 0 saturated heterocycles. The van der Waals surface area contributed by atoms with E-state index in [1.807, 2.05) is 24.9 Å². The molecular formula is C16H17N3S2. The maximum Gasteiger partial charge on any atom is 0.142 e. The van der Waals surface area contributed by atoms with Crippen LogP contribution in [0.4, 0.5) is 5.82 Å². The van der Waals surface area contributed by atoms with Gasteiger partial charge in [-0.1, -0.05) is 37.3 Å². The summed E-state index contributed by atoms with van der Waals surface area (Å²) in [4.78, 5) is 10.4. The van der Waals surface area contributed by atoms with Gasteiger partial charge < -0.3 is 5.32 Å². The maximum atomic E-state index is 4.71. The molecular weight excluding hydrogens is 298 g/mol. The number of nitrogens with zero attached hydrogens (tertiary/aromatic N) is 2. The topological polar surface area (TPSA) is 37.8 Å². The van der Waals surface area contributed by atoms with Crippen molar-refractivity contribution < 1.29 is 0 Å². The minimum atomic E-state index is 0.861. The van der Waals surface area contributed by atoms with Gasteiger partial charge in [-0.2, -0.15) is 11.8 Å². The van der Waals surface area contributed by atoms with Crippen molar-refractivity contribution in [3.05, 3.63) is 41.5 Å². The summed E-state index contributed by atoms with van der Waals surface area (Å²) >= 11 is 3.53. The summed E-state index contributed by atoms with van der Waals surface area (Å²) in [5.74, 6) is 3.77. The second-order valence-corrected chi connectivity index (χ2v) is 6.70. The van der Waals surface area contributed by atoms with Crippen LogP contribution in [0, 0.1) is 0 Å². The molecule has 0 aliphatic rings. The predicted octanol–water partition coefficient (Wildman–Crippen LogP) is 4.65. The van der Waals surface area contributed by atoms with Gasteiger partial charge in [-0.15, -0.1) is 11.3 Å². The second kappa shape index (κ2) is 6.45. The monoisotopic (exact) mass is 315 g/mol. The number of fused-ring (bicyclic) bond motifs is 1. The number of anilines is 1. The highest BCUT2D eigenvalue weighted by molar-refractivity contribution is 7.98. The van der Waals surface area contributed by atoms with Crippen molar-refractivity contribution in [1.29, 1.82) is 0 Å². The normalized spacial score (nSPS) is 11.0. The molecule has 0 radical (unpaired) electrons. The summed E-state index contributed by atoms with van der Waals surface area (Å²) in [6.45, 7) is 2.15. The highest BCUT2D eigenvalue weighted by atomic mass is 32.2. The quantitative estimate of drug-likeness (QED) is 0.743. The average molecular weight is 315 g/mol. The zero-order valence-corrected chi connectivity index (χ0v) is 13.7. The third kappa shape index (κ3) is 2.89. The largest absolute Gasteiger partial charge is 0.372 e. The number of aromatic nitrogens is 2. The zero-order valence-electron chi connectivity index (χ0n) is 12.1. The van der Waals surface area contributed by atoms with Gasteiger partial charge in [0.25, 0.3) is 0 Å². The Balaban J connectivity index is 2.13. The van der Waals surface area contributed by atoms with Gasteiger partial charge in [0.1, 0.15) is 16.5 Å². The van der Waals surface area contributed by atoms with E-state index in [1.54, 1.807) is 11.3 Å². The molecule has 0 saturated carbocycles. The van der Waals surface area contributed by atoms with Gasteiger partial charge in [0.15, 0.2) is 0 Å². The van der Waals surface area contributed by atoms with Crippen LogP contribution in [0.5, 0.6) is 0 Å². The minimum absolute atomic E-state index is 0.861. The Morgan fingerprint density at radius 3 is 2.71 bits per heavy atom. The molecule has 3 nitrogen and oxygen atoms in total. The molecule has 0 atom stereocenters. The smallest absolute Gasteiger partial charge is 0.142 e. The second-order valence-electron chi connectivity index (χ2n) is 4.57. The summed E-state index contributed by atoms with van der Waals surface area (Å²) in [5, 5.41) is 6.53. The Kier molecular flexibility index (Phi) is 4.41. The lowest BCUT2D eigenvalue weighted by Gasteiger charge is -2.07. The van der Waals surface area contributed by atoms with Gasteiger partial charge in [-0.3, -0.25) is 0 Å². The molecule has 0 aliphatic carbocycles. The molecule has 0 amide bonds. The van der Waals surface area contributed by atoms with Crippen molar-refractivity contribution in [3.63, 3.8) is 0 Å². The van der Waals surface area contributed by atoms with E-state index in [1.165, 1.54) is 11.1 Å². The Hall–Kier alpha value is -1.59. The van der Waals surface area contributed by atoms with Gasteiger partial charge in [-0.25, -0.2) is 9.97 Å². The van der Waals surface area contributed by atoms with Gasteiger partial charge in [-0.05, 0) is 11.3 Å². The molecule has 21 heavy (non-hydrogen) atoms. The van der Waals surface area contributed by atoms with Gasteiger partial charge in [0, 0.05) is 18.0 Å². The first-order valence-electron chi connectivity index (χ1n) is 6.92. The number of benzene rings is 1. The number of rotatable bonds is 5. The highest BCUT2D eigenvalue weighted by Gasteiger charge is 2.14. The Morgan fingerprint density at radius 1 is 1.19 bits per heavy atom. The van der Waals surface area contributed by atoms with Crippen molar-refractivity contribution in [2.24, 2.45) is 0 Å². The average Bonchev–Trinajstić information content (AvgIpc) is 2.97. The van der Waals surface area contributed by atoms with E-state index in [2.05, 4.69) is 46.9 Å². The molecule has 108 valence electrons. The van der Waals surface area contributed by atoms with E-state index < -0.39 is 0 Å². The molecule has 0 bridgehead atoms. The van der Waals surface area contributed by atoms with Crippen molar-refractivity contribution >= 4 is 39.1 Å². The van der Waals surface area contributed by atoms with Crippen molar-refractivity contribution in [3.8, 4) is 11.1 Å². The summed E-state index contributed by atoms with van der Waals surface area (Å²) in [7, 11) is 1.92. The number of nitrogens with one attached hydrogen (secondary N) is 1. The van der Waals surface area contributed by atoms with E-state index in [0.717, 1.165) is 33.4 Å². The zero-order chi connectivity index (χ0) is 14.7. The maximum absolute atomic E-state index is 4.71. The predicted molar refractivity (Wildman–Crippen MR) is 94.2 cm³/mol. The molecule has 1 aromatic carbocycles. The molecule has 3 rings (SSSR count). The third-order valence-corrected chi connectivity index (χ3v) is 4.98. The van der Waals surface area contributed by atoms with Crippen LogP contribution in [0.25, 0.3) is 21.3 Å². The lowest BCUT2D eigenvalue weighted by atomic mass is 10.1. The first-order valence-corrected chi connectivity index (χ1v) is 8.96. The molecule has 0 aliphatic heterocycles. The van der Waals surface area contributed by atoms with Crippen LogP contribution >= 0.6 is 23.1 Å². The number of thiophene rings is 1. The van der Waals surface area contributed by atoms with Crippen LogP contribution in [0.15, 0.2) is 35.7 Å². The van der Waals surface area contributed by atoms with E-state index in [-0.39, 0.29) is 0 Å². The summed E-state index contributed by atoms with van der Waals surface area (Å²) in [6.07, 6.45) is 0. The first-order chi connectivity index (χ1) is 10.3. The van der Waals surface area contributed by atoms with Crippen LogP contribution in [0.2, 0.25) is 0 Å². The molecule has 3 aromatic rings. The first kappa shape index (κ1) is 14.4. The molecule has 0 spiro atoms. The Bertz CT molecular complexity index is 738. The molecule has 0 fully saturated rings. The number of thioether (sulfide) groups is 1. The van der Waals surface area contributed by atoms with Gasteiger partial charge in [0.05, 0.1) is 11.1 Å². The third-order valence-electron chi connectivity index (χ3n) is 3.24. The van der Waals surface area contributed by atoms with Crippen molar-refractivity contribution in [2.45, 2.75) is 12.7 Å². The van der Waals surface area contributed by atoms with Crippen molar-refractivity contribution in [2.75, 3.05) is 18.1 Å². The van der Waals surface area contributed by atoms with E-state index in [9.17, 15) is 0 Å². The van der Waals surface area contributed by atoms with Gasteiger partial charge >= 0.3 is 0 Å². The fraction of sp³-hybridized carbons (Fsp3) is 0.250. The Morgan fingerprint density at radius 2 is 2.00 bits per heavy atom.